The first-order chi connectivity index (χ1) is 22.0. The fraction of sp³-hybridized carbons (Fsp3) is 0.303. The van der Waals surface area contributed by atoms with Crippen molar-refractivity contribution in [3.63, 3.8) is 0 Å². The molecule has 2 aromatic carbocycles. The van der Waals surface area contributed by atoms with Gasteiger partial charge in [-0.2, -0.15) is 10.2 Å². The average Bonchev–Trinajstić information content (AvgIpc) is 3.79. The van der Waals surface area contributed by atoms with Gasteiger partial charge in [0, 0.05) is 23.2 Å². The van der Waals surface area contributed by atoms with Crippen molar-refractivity contribution in [3.05, 3.63) is 94.7 Å². The third-order valence-electron chi connectivity index (χ3n) is 8.62. The Balaban J connectivity index is 1.50. The number of aliphatic hydroxyl groups is 1. The topological polar surface area (TPSA) is 176 Å². The van der Waals surface area contributed by atoms with Crippen molar-refractivity contribution in [1.82, 2.24) is 20.6 Å². The number of nitriles is 1. The molecule has 4 N–H and O–H groups in total. The van der Waals surface area contributed by atoms with Crippen LogP contribution in [0.3, 0.4) is 0 Å². The van der Waals surface area contributed by atoms with Crippen molar-refractivity contribution in [3.8, 4) is 23.4 Å². The van der Waals surface area contributed by atoms with Crippen LogP contribution in [0.1, 0.15) is 60.8 Å². The number of carbonyl (C=O) groups is 2. The van der Waals surface area contributed by atoms with Gasteiger partial charge in [0.1, 0.15) is 47.5 Å². The molecule has 1 spiro atoms. The van der Waals surface area contributed by atoms with Crippen molar-refractivity contribution in [2.45, 2.75) is 57.0 Å². The van der Waals surface area contributed by atoms with Gasteiger partial charge in [-0.1, -0.05) is 32.6 Å². The monoisotopic (exact) mass is 624 g/mol. The first-order valence-electron chi connectivity index (χ1n) is 14.7. The molecule has 0 fully saturated rings. The minimum Gasteiger partial charge on any atom is -0.469 e. The second-order valence-corrected chi connectivity index (χ2v) is 12.1. The SMILES string of the molecule is C=C(C)[C@@H]1NC(=O)C(NC(=O)[C@@H](O)C(C)C)Cc2ccc3c(c2)[C@@]2(c4cc(F)ccc4N[C@@H]2O3)c2oc1nc2-c1nc(C#N)co1. The van der Waals surface area contributed by atoms with Crippen molar-refractivity contribution in [1.29, 1.82) is 5.26 Å². The fourth-order valence-corrected chi connectivity index (χ4v) is 6.32. The molecule has 3 aliphatic rings. The number of hydrogen-bond donors (Lipinski definition) is 4. The molecule has 12 nitrogen and oxygen atoms in total. The molecule has 2 amide bonds. The Kier molecular flexibility index (Phi) is 6.71. The van der Waals surface area contributed by atoms with E-state index in [2.05, 4.69) is 27.5 Å². The Labute approximate surface area is 262 Å². The van der Waals surface area contributed by atoms with Crippen LogP contribution < -0.4 is 20.7 Å². The number of amides is 2. The highest BCUT2D eigenvalue weighted by atomic mass is 19.1. The van der Waals surface area contributed by atoms with Crippen LogP contribution in [0.15, 0.2) is 63.6 Å². The predicted octanol–water partition coefficient (Wildman–Crippen LogP) is 3.61. The highest BCUT2D eigenvalue weighted by Crippen LogP contribution is 2.59. The molecule has 0 aliphatic carbocycles. The van der Waals surface area contributed by atoms with E-state index in [0.717, 1.165) is 0 Å². The summed E-state index contributed by atoms with van der Waals surface area (Å²) < 4.78 is 33.8. The Morgan fingerprint density at radius 2 is 2.02 bits per heavy atom. The van der Waals surface area contributed by atoms with E-state index in [0.29, 0.717) is 33.7 Å². The molecule has 234 valence electrons. The standard InChI is InChI=1S/C33H29FN6O6/c1-14(2)24-31-40-25(30-36-18(12-35)13-44-30)27(46-31)33-19-11-17(34)6-7-21(19)38-32(33)45-23-8-5-16(9-20(23)33)10-22(28(42)39-24)37-29(43)26(41)15(3)4/h5-9,11,13,15,22,24,26,32,38,41H,1,10H2,2-4H3,(H,37,43)(H,39,42)/t22?,24-,26-,32+,33-/m0/s1. The first-order valence-corrected chi connectivity index (χ1v) is 14.7. The third-order valence-corrected chi connectivity index (χ3v) is 8.62. The summed E-state index contributed by atoms with van der Waals surface area (Å²) in [6.07, 6.45) is -0.925. The Morgan fingerprint density at radius 1 is 1.22 bits per heavy atom. The molecular weight excluding hydrogens is 595 g/mol. The number of anilines is 1. The summed E-state index contributed by atoms with van der Waals surface area (Å²) in [5.41, 5.74) is 1.57. The quantitative estimate of drug-likeness (QED) is 0.240. The van der Waals surface area contributed by atoms with Gasteiger partial charge in [-0.05, 0) is 48.2 Å². The molecular formula is C33H29FN6O6. The summed E-state index contributed by atoms with van der Waals surface area (Å²) in [6.45, 7) is 9.11. The lowest BCUT2D eigenvalue weighted by atomic mass is 9.72. The summed E-state index contributed by atoms with van der Waals surface area (Å²) >= 11 is 0. The van der Waals surface area contributed by atoms with E-state index in [4.69, 9.17) is 18.6 Å². The first kappa shape index (κ1) is 29.2. The van der Waals surface area contributed by atoms with Gasteiger partial charge in [0.25, 0.3) is 0 Å². The minimum absolute atomic E-state index is 0.00531. The number of carbonyl (C=O) groups excluding carboxylic acids is 2. The van der Waals surface area contributed by atoms with Gasteiger partial charge < -0.3 is 34.6 Å². The molecule has 0 radical (unpaired) electrons. The lowest BCUT2D eigenvalue weighted by Crippen LogP contribution is -2.52. The number of benzene rings is 2. The lowest BCUT2D eigenvalue weighted by Gasteiger charge is -2.28. The minimum atomic E-state index is -1.34. The lowest BCUT2D eigenvalue weighted by molar-refractivity contribution is -0.135. The highest BCUT2D eigenvalue weighted by Gasteiger charge is 2.61. The number of nitrogens with one attached hydrogen (secondary N) is 3. The number of aromatic nitrogens is 2. The Hall–Kier alpha value is -5.48. The second-order valence-electron chi connectivity index (χ2n) is 12.1. The maximum Gasteiger partial charge on any atom is 0.250 e. The van der Waals surface area contributed by atoms with Gasteiger partial charge >= 0.3 is 0 Å². The Bertz CT molecular complexity index is 1980. The molecule has 5 heterocycles. The molecule has 0 saturated carbocycles. The van der Waals surface area contributed by atoms with Crippen LogP contribution in [0.5, 0.6) is 5.75 Å². The average molecular weight is 625 g/mol. The van der Waals surface area contributed by atoms with E-state index in [1.165, 1.54) is 18.4 Å². The summed E-state index contributed by atoms with van der Waals surface area (Å²) in [5.74, 6) is -1.50. The molecule has 46 heavy (non-hydrogen) atoms. The van der Waals surface area contributed by atoms with E-state index in [1.54, 1.807) is 39.0 Å². The third kappa shape index (κ3) is 4.36. The normalized spacial score (nSPS) is 23.1. The zero-order valence-corrected chi connectivity index (χ0v) is 25.1. The van der Waals surface area contributed by atoms with Gasteiger partial charge in [-0.15, -0.1) is 0 Å². The molecule has 7 rings (SSSR count). The number of aliphatic hydroxyl groups excluding tert-OH is 1. The number of ether oxygens (including phenoxy) is 1. The van der Waals surface area contributed by atoms with Crippen LogP contribution >= 0.6 is 0 Å². The maximum absolute atomic E-state index is 15.0. The number of rotatable bonds is 5. The van der Waals surface area contributed by atoms with Crippen LogP contribution in [-0.2, 0) is 21.4 Å². The van der Waals surface area contributed by atoms with Crippen molar-refractivity contribution in [2.75, 3.05) is 5.32 Å². The zero-order valence-electron chi connectivity index (χ0n) is 25.1. The molecule has 4 aromatic rings. The molecule has 0 saturated heterocycles. The molecule has 3 aliphatic heterocycles. The smallest absolute Gasteiger partial charge is 0.250 e. The maximum atomic E-state index is 15.0. The number of halogens is 1. The zero-order chi connectivity index (χ0) is 32.5. The van der Waals surface area contributed by atoms with Crippen molar-refractivity contribution >= 4 is 17.5 Å². The molecule has 1 unspecified atom stereocenters. The van der Waals surface area contributed by atoms with Gasteiger partial charge in [0.2, 0.25) is 23.6 Å². The molecule has 5 atom stereocenters. The summed E-state index contributed by atoms with van der Waals surface area (Å²) in [5, 5.41) is 28.9. The van der Waals surface area contributed by atoms with Crippen LogP contribution in [0.25, 0.3) is 11.6 Å². The summed E-state index contributed by atoms with van der Waals surface area (Å²) in [4.78, 5) is 35.9. The van der Waals surface area contributed by atoms with Gasteiger partial charge in [0.05, 0.1) is 0 Å². The predicted molar refractivity (Wildman–Crippen MR) is 160 cm³/mol. The van der Waals surface area contributed by atoms with Crippen LogP contribution in [-0.4, -0.2) is 45.3 Å². The van der Waals surface area contributed by atoms with Crippen LogP contribution in [0.2, 0.25) is 0 Å². The number of fused-ring (bicyclic) bond motifs is 4. The van der Waals surface area contributed by atoms with Crippen LogP contribution in [0, 0.1) is 23.1 Å². The van der Waals surface area contributed by atoms with Gasteiger partial charge in [0.15, 0.2) is 23.4 Å². The van der Waals surface area contributed by atoms with E-state index in [1.807, 2.05) is 12.1 Å². The van der Waals surface area contributed by atoms with E-state index >= 15 is 4.39 Å². The highest BCUT2D eigenvalue weighted by molar-refractivity contribution is 5.90. The van der Waals surface area contributed by atoms with E-state index < -0.39 is 47.5 Å². The van der Waals surface area contributed by atoms with Gasteiger partial charge in [-0.3, -0.25) is 9.59 Å². The number of nitrogens with zero attached hydrogens (tertiary/aromatic N) is 3. The largest absolute Gasteiger partial charge is 0.469 e. The molecule has 13 heteroatoms. The molecule has 4 bridgehead atoms. The van der Waals surface area contributed by atoms with Crippen LogP contribution in [0.4, 0.5) is 10.1 Å². The summed E-state index contributed by atoms with van der Waals surface area (Å²) in [6, 6.07) is 9.52. The van der Waals surface area contributed by atoms with E-state index in [9.17, 15) is 20.0 Å². The van der Waals surface area contributed by atoms with Crippen molar-refractivity contribution < 1.29 is 32.7 Å². The second kappa shape index (κ2) is 10.6. The fourth-order valence-electron chi connectivity index (χ4n) is 6.32. The van der Waals surface area contributed by atoms with Crippen molar-refractivity contribution in [2.24, 2.45) is 5.92 Å². The number of oxazole rings is 2. The van der Waals surface area contributed by atoms with Gasteiger partial charge in [-0.25, -0.2) is 9.37 Å². The number of hydrogen-bond acceptors (Lipinski definition) is 10. The van der Waals surface area contributed by atoms with E-state index in [-0.39, 0.29) is 41.3 Å². The molecule has 2 aromatic heterocycles. The Morgan fingerprint density at radius 3 is 2.74 bits per heavy atom. The summed E-state index contributed by atoms with van der Waals surface area (Å²) in [7, 11) is 0.